The van der Waals surface area contributed by atoms with Crippen molar-refractivity contribution >= 4 is 0 Å². The fourth-order valence-corrected chi connectivity index (χ4v) is 6.48. The zero-order valence-electron chi connectivity index (χ0n) is 20.2. The summed E-state index contributed by atoms with van der Waals surface area (Å²) < 4.78 is 39.8. The third-order valence-electron chi connectivity index (χ3n) is 8.55. The summed E-state index contributed by atoms with van der Waals surface area (Å²) in [5, 5.41) is 19.4. The van der Waals surface area contributed by atoms with Crippen molar-refractivity contribution in [2.75, 3.05) is 13.2 Å². The molecule has 4 aromatic rings. The number of rotatable bonds is 4. The van der Waals surface area contributed by atoms with E-state index in [1.54, 1.807) is 18.5 Å². The maximum absolute atomic E-state index is 14.5. The average molecular weight is 504 g/mol. The molecule has 1 saturated heterocycles. The topological polar surface area (TPSA) is 107 Å². The third kappa shape index (κ3) is 2.91. The van der Waals surface area contributed by atoms with Crippen molar-refractivity contribution in [2.45, 2.75) is 43.6 Å². The number of aromatic nitrogens is 5. The Hall–Kier alpha value is -3.63. The summed E-state index contributed by atoms with van der Waals surface area (Å²) in [6, 6.07) is 5.54. The monoisotopic (exact) mass is 503 g/mol. The van der Waals surface area contributed by atoms with E-state index in [-0.39, 0.29) is 41.7 Å². The van der Waals surface area contributed by atoms with Crippen LogP contribution in [0.2, 0.25) is 0 Å². The molecule has 3 aromatic heterocycles. The number of oxazole rings is 1. The van der Waals surface area contributed by atoms with Gasteiger partial charge >= 0.3 is 0 Å². The van der Waals surface area contributed by atoms with Crippen molar-refractivity contribution in [2.24, 2.45) is 5.41 Å². The highest BCUT2D eigenvalue weighted by Crippen LogP contribution is 2.69. The van der Waals surface area contributed by atoms with E-state index in [0.29, 0.717) is 17.1 Å². The van der Waals surface area contributed by atoms with Crippen LogP contribution in [0.3, 0.4) is 0 Å². The van der Waals surface area contributed by atoms with E-state index in [1.807, 2.05) is 0 Å². The Bertz CT molecular complexity index is 1550. The molecule has 2 bridgehead atoms. The summed E-state index contributed by atoms with van der Waals surface area (Å²) in [6.07, 6.45) is 6.37. The summed E-state index contributed by atoms with van der Waals surface area (Å²) in [6.45, 7) is 4.66. The zero-order chi connectivity index (χ0) is 25.6. The van der Waals surface area contributed by atoms with Crippen LogP contribution in [0.15, 0.2) is 47.3 Å². The van der Waals surface area contributed by atoms with Crippen molar-refractivity contribution in [3.05, 3.63) is 77.2 Å². The van der Waals surface area contributed by atoms with Crippen molar-refractivity contribution in [3.8, 4) is 22.8 Å². The van der Waals surface area contributed by atoms with Crippen LogP contribution in [0, 0.1) is 17.0 Å². The molecule has 2 aliphatic carbocycles. The highest BCUT2D eigenvalue weighted by Gasteiger charge is 2.65. The van der Waals surface area contributed by atoms with Crippen molar-refractivity contribution in [3.63, 3.8) is 0 Å². The van der Waals surface area contributed by atoms with Crippen molar-refractivity contribution in [1.82, 2.24) is 25.1 Å². The van der Waals surface area contributed by atoms with Gasteiger partial charge in [-0.05, 0) is 47.9 Å². The van der Waals surface area contributed by atoms with Gasteiger partial charge in [-0.15, -0.1) is 5.10 Å². The van der Waals surface area contributed by atoms with Crippen molar-refractivity contribution < 1.29 is 23.0 Å². The molecule has 1 aromatic carbocycles. The second kappa shape index (κ2) is 7.45. The normalized spacial score (nSPS) is 24.6. The van der Waals surface area contributed by atoms with Gasteiger partial charge in [0, 0.05) is 6.20 Å². The number of halogens is 2. The first-order chi connectivity index (χ1) is 17.7. The Balaban J connectivity index is 1.33. The predicted molar refractivity (Wildman–Crippen MR) is 126 cm³/mol. The van der Waals surface area contributed by atoms with Crippen LogP contribution in [0.4, 0.5) is 8.78 Å². The van der Waals surface area contributed by atoms with Crippen LogP contribution in [0.25, 0.3) is 22.8 Å². The van der Waals surface area contributed by atoms with E-state index in [0.717, 1.165) is 24.1 Å². The van der Waals surface area contributed by atoms with Gasteiger partial charge in [0.2, 0.25) is 5.89 Å². The van der Waals surface area contributed by atoms with Gasteiger partial charge in [-0.25, -0.2) is 18.7 Å². The number of benzene rings is 1. The van der Waals surface area contributed by atoms with Crippen LogP contribution < -0.4 is 0 Å². The highest BCUT2D eigenvalue weighted by molar-refractivity contribution is 5.64. The van der Waals surface area contributed by atoms with Gasteiger partial charge in [0.15, 0.2) is 5.60 Å². The van der Waals surface area contributed by atoms with Crippen molar-refractivity contribution in [1.29, 1.82) is 0 Å². The molecule has 4 heterocycles. The average Bonchev–Trinajstić information content (AvgIpc) is 3.51. The molecule has 1 N–H and O–H groups in total. The molecule has 10 heteroatoms. The molecule has 3 aliphatic rings. The summed E-state index contributed by atoms with van der Waals surface area (Å²) in [7, 11) is 0. The molecule has 0 radical (unpaired) electrons. The van der Waals surface area contributed by atoms with E-state index in [4.69, 9.17) is 14.1 Å². The fraction of sp³-hybridized carbons (Fsp3) is 0.370. The second-order valence-electron chi connectivity index (χ2n) is 10.7. The Morgan fingerprint density at radius 1 is 1.00 bits per heavy atom. The minimum absolute atomic E-state index is 0.109. The molecule has 8 nitrogen and oxygen atoms in total. The number of hydrogen-bond donors (Lipinski definition) is 1. The summed E-state index contributed by atoms with van der Waals surface area (Å²) in [5.74, 6) is -0.983. The van der Waals surface area contributed by atoms with E-state index in [9.17, 15) is 13.9 Å². The summed E-state index contributed by atoms with van der Waals surface area (Å²) >= 11 is 0. The van der Waals surface area contributed by atoms with Crippen LogP contribution in [-0.4, -0.2) is 43.5 Å². The molecular weight excluding hydrogens is 480 g/mol. The molecule has 1 aliphatic heterocycles. The van der Waals surface area contributed by atoms with E-state index < -0.39 is 22.7 Å². The zero-order valence-corrected chi connectivity index (χ0v) is 20.2. The minimum atomic E-state index is -1.15. The minimum Gasteiger partial charge on any atom is -0.443 e. The molecule has 0 spiro atoms. The highest BCUT2D eigenvalue weighted by atomic mass is 19.1. The largest absolute Gasteiger partial charge is 0.443 e. The molecule has 1 saturated carbocycles. The smallest absolute Gasteiger partial charge is 0.247 e. The first-order valence-electron chi connectivity index (χ1n) is 12.2. The number of aliphatic hydroxyl groups is 1. The van der Waals surface area contributed by atoms with Gasteiger partial charge < -0.3 is 14.3 Å². The van der Waals surface area contributed by atoms with Gasteiger partial charge in [0.1, 0.15) is 29.3 Å². The number of fused-ring (bicyclic) bond motifs is 5. The first-order valence-corrected chi connectivity index (χ1v) is 12.2. The number of hydrogen-bond acceptors (Lipinski definition) is 8. The lowest BCUT2D eigenvalue weighted by molar-refractivity contribution is -0.186. The standard InChI is InChI=1S/C27H23F2N5O3/c1-25(2)15-6-7-27(25,23-14(15)8-18(33-34-23)22-16(28)4-3-5-17(22)29)20-10-30-9-19(31-20)24-32-21(11-37-24)26(35)12-36-13-26/h3-5,8-11,15,35H,6-7,12-13H2,1-2H3/t15-,27-/m0/s1. The van der Waals surface area contributed by atoms with E-state index in [1.165, 1.54) is 24.5 Å². The second-order valence-corrected chi connectivity index (χ2v) is 10.7. The predicted octanol–water partition coefficient (Wildman–Crippen LogP) is 4.29. The molecule has 2 atom stereocenters. The molecular formula is C27H23F2N5O3. The Labute approximate surface area is 210 Å². The van der Waals surface area contributed by atoms with Gasteiger partial charge in [-0.2, -0.15) is 5.10 Å². The molecule has 2 fully saturated rings. The third-order valence-corrected chi connectivity index (χ3v) is 8.55. The molecule has 188 valence electrons. The Morgan fingerprint density at radius 3 is 2.51 bits per heavy atom. The van der Waals surface area contributed by atoms with E-state index in [2.05, 4.69) is 34.0 Å². The SMILES string of the molecule is CC1(C)[C@H]2CC[C@]1(c1cncc(-c3nc(C4(O)COC4)co3)n1)c1nnc(-c3c(F)cccc3F)cc12. The fourth-order valence-electron chi connectivity index (χ4n) is 6.48. The lowest BCUT2D eigenvalue weighted by Crippen LogP contribution is -2.46. The first kappa shape index (κ1) is 22.6. The molecule has 7 rings (SSSR count). The Morgan fingerprint density at radius 2 is 1.78 bits per heavy atom. The number of ether oxygens (including phenoxy) is 1. The maximum atomic E-state index is 14.5. The molecule has 0 amide bonds. The lowest BCUT2D eigenvalue weighted by Gasteiger charge is -2.37. The summed E-state index contributed by atoms with van der Waals surface area (Å²) in [4.78, 5) is 13.8. The van der Waals surface area contributed by atoms with E-state index >= 15 is 0 Å². The molecule has 0 unspecified atom stereocenters. The van der Waals surface area contributed by atoms with Gasteiger partial charge in [0.05, 0.1) is 47.5 Å². The quantitative estimate of drug-likeness (QED) is 0.440. The van der Waals surface area contributed by atoms with Crippen LogP contribution in [-0.2, 0) is 15.8 Å². The number of nitrogens with zero attached hydrogens (tertiary/aromatic N) is 5. The van der Waals surface area contributed by atoms with Crippen LogP contribution in [0.5, 0.6) is 0 Å². The van der Waals surface area contributed by atoms with Crippen LogP contribution >= 0.6 is 0 Å². The van der Waals surface area contributed by atoms with Gasteiger partial charge in [-0.3, -0.25) is 4.98 Å². The van der Waals surface area contributed by atoms with Gasteiger partial charge in [0.25, 0.3) is 0 Å². The Kier molecular flexibility index (Phi) is 4.54. The van der Waals surface area contributed by atoms with Gasteiger partial charge in [-0.1, -0.05) is 19.9 Å². The summed E-state index contributed by atoms with van der Waals surface area (Å²) in [5.41, 5.74) is 1.19. The van der Waals surface area contributed by atoms with Crippen LogP contribution in [0.1, 0.15) is 55.3 Å². The molecule has 37 heavy (non-hydrogen) atoms. The lowest BCUT2D eigenvalue weighted by atomic mass is 9.66. The maximum Gasteiger partial charge on any atom is 0.247 e.